The van der Waals surface area contributed by atoms with E-state index in [1.807, 2.05) is 56.3 Å². The van der Waals surface area contributed by atoms with Crippen LogP contribution in [0.5, 0.6) is 0 Å². The lowest BCUT2D eigenvalue weighted by Gasteiger charge is -2.28. The number of rotatable bonds is 5. The third-order valence-electron chi connectivity index (χ3n) is 4.39. The van der Waals surface area contributed by atoms with Crippen molar-refractivity contribution >= 4 is 22.9 Å². The van der Waals surface area contributed by atoms with E-state index in [-0.39, 0.29) is 18.4 Å². The minimum absolute atomic E-state index is 0.0296. The first kappa shape index (κ1) is 18.4. The minimum atomic E-state index is 0.0296. The average Bonchev–Trinajstić information content (AvgIpc) is 3.21. The molecule has 0 bridgehead atoms. The van der Waals surface area contributed by atoms with Gasteiger partial charge in [-0.2, -0.15) is 11.3 Å². The summed E-state index contributed by atoms with van der Waals surface area (Å²) in [6.45, 7) is 10.0. The number of thiophene rings is 1. The van der Waals surface area contributed by atoms with Gasteiger partial charge in [-0.25, -0.2) is 4.98 Å². The van der Waals surface area contributed by atoms with Crippen molar-refractivity contribution < 1.29 is 9.21 Å². The standard InChI is InChI=1S/C21H24N2O2S/c1-13(2)23(19-10-14(3)6-7-15(19)4)20(24)11-18-16(5)25-21(22-18)17-8-9-26-12-17/h6-10,12-13H,11H2,1-5H3. The molecule has 0 atom stereocenters. The summed E-state index contributed by atoms with van der Waals surface area (Å²) in [5.41, 5.74) is 4.85. The predicted octanol–water partition coefficient (Wildman–Crippen LogP) is 5.31. The Morgan fingerprint density at radius 2 is 2.00 bits per heavy atom. The van der Waals surface area contributed by atoms with Crippen LogP contribution >= 0.6 is 11.3 Å². The number of oxazole rings is 1. The normalized spacial score (nSPS) is 11.2. The molecule has 2 heterocycles. The highest BCUT2D eigenvalue weighted by atomic mass is 32.1. The highest BCUT2D eigenvalue weighted by Gasteiger charge is 2.23. The van der Waals surface area contributed by atoms with Crippen molar-refractivity contribution in [2.75, 3.05) is 4.90 Å². The Kier molecular flexibility index (Phi) is 5.28. The molecule has 0 saturated heterocycles. The van der Waals surface area contributed by atoms with E-state index in [9.17, 15) is 4.79 Å². The van der Waals surface area contributed by atoms with Gasteiger partial charge in [0.05, 0.1) is 12.1 Å². The van der Waals surface area contributed by atoms with E-state index in [2.05, 4.69) is 23.2 Å². The number of carbonyl (C=O) groups excluding carboxylic acids is 1. The van der Waals surface area contributed by atoms with Crippen LogP contribution in [0.4, 0.5) is 5.69 Å². The largest absolute Gasteiger partial charge is 0.441 e. The molecule has 3 aromatic rings. The Bertz CT molecular complexity index is 910. The molecule has 2 aromatic heterocycles. The molecular weight excluding hydrogens is 344 g/mol. The van der Waals surface area contributed by atoms with Crippen molar-refractivity contribution in [3.05, 3.63) is 57.6 Å². The quantitative estimate of drug-likeness (QED) is 0.613. The lowest BCUT2D eigenvalue weighted by Crippen LogP contribution is -2.38. The van der Waals surface area contributed by atoms with Gasteiger partial charge in [0, 0.05) is 22.7 Å². The van der Waals surface area contributed by atoms with Gasteiger partial charge in [-0.3, -0.25) is 4.79 Å². The number of anilines is 1. The van der Waals surface area contributed by atoms with Crippen LogP contribution in [-0.4, -0.2) is 16.9 Å². The molecule has 1 amide bonds. The maximum atomic E-state index is 13.1. The van der Waals surface area contributed by atoms with Gasteiger partial charge in [-0.05, 0) is 63.3 Å². The molecule has 0 N–H and O–H groups in total. The second-order valence-electron chi connectivity index (χ2n) is 6.86. The Balaban J connectivity index is 1.89. The van der Waals surface area contributed by atoms with Gasteiger partial charge in [0.1, 0.15) is 5.76 Å². The summed E-state index contributed by atoms with van der Waals surface area (Å²) in [6.07, 6.45) is 0.227. The molecule has 0 fully saturated rings. The average molecular weight is 369 g/mol. The number of aromatic nitrogens is 1. The monoisotopic (exact) mass is 368 g/mol. The summed E-state index contributed by atoms with van der Waals surface area (Å²) in [6, 6.07) is 8.23. The van der Waals surface area contributed by atoms with Crippen LogP contribution in [0.15, 0.2) is 39.4 Å². The first-order valence-electron chi connectivity index (χ1n) is 8.75. The number of nitrogens with zero attached hydrogens (tertiary/aromatic N) is 2. The fourth-order valence-corrected chi connectivity index (χ4v) is 3.64. The van der Waals surface area contributed by atoms with Crippen LogP contribution < -0.4 is 4.90 Å². The molecule has 0 spiro atoms. The van der Waals surface area contributed by atoms with Gasteiger partial charge in [-0.15, -0.1) is 0 Å². The van der Waals surface area contributed by atoms with Gasteiger partial charge in [0.15, 0.2) is 0 Å². The van der Waals surface area contributed by atoms with Crippen molar-refractivity contribution in [3.8, 4) is 11.5 Å². The molecule has 136 valence electrons. The van der Waals surface area contributed by atoms with Crippen LogP contribution in [-0.2, 0) is 11.2 Å². The van der Waals surface area contributed by atoms with Crippen LogP contribution in [0.1, 0.15) is 36.4 Å². The molecule has 5 heteroatoms. The summed E-state index contributed by atoms with van der Waals surface area (Å²) in [7, 11) is 0. The SMILES string of the molecule is Cc1ccc(C)c(N(C(=O)Cc2nc(-c3ccsc3)oc2C)C(C)C)c1. The summed E-state index contributed by atoms with van der Waals surface area (Å²) in [5.74, 6) is 1.31. The molecule has 26 heavy (non-hydrogen) atoms. The zero-order valence-electron chi connectivity index (χ0n) is 15.9. The molecular formula is C21H24N2O2S. The lowest BCUT2D eigenvalue weighted by molar-refractivity contribution is -0.118. The van der Waals surface area contributed by atoms with Crippen molar-refractivity contribution in [2.24, 2.45) is 0 Å². The maximum absolute atomic E-state index is 13.1. The third kappa shape index (κ3) is 3.73. The van der Waals surface area contributed by atoms with E-state index in [4.69, 9.17) is 4.42 Å². The van der Waals surface area contributed by atoms with Crippen LogP contribution in [0, 0.1) is 20.8 Å². The van der Waals surface area contributed by atoms with Crippen molar-refractivity contribution in [2.45, 2.75) is 47.1 Å². The highest BCUT2D eigenvalue weighted by molar-refractivity contribution is 7.08. The van der Waals surface area contributed by atoms with Gasteiger partial charge in [0.2, 0.25) is 11.8 Å². The maximum Gasteiger partial charge on any atom is 0.233 e. The van der Waals surface area contributed by atoms with Gasteiger partial charge in [0.25, 0.3) is 0 Å². The molecule has 0 aliphatic rings. The summed E-state index contributed by atoms with van der Waals surface area (Å²) in [4.78, 5) is 19.5. The molecule has 1 aromatic carbocycles. The van der Waals surface area contributed by atoms with Crippen molar-refractivity contribution in [1.29, 1.82) is 0 Å². The summed E-state index contributed by atoms with van der Waals surface area (Å²) < 4.78 is 5.77. The van der Waals surface area contributed by atoms with E-state index in [1.165, 1.54) is 0 Å². The third-order valence-corrected chi connectivity index (χ3v) is 5.07. The Morgan fingerprint density at radius 3 is 2.65 bits per heavy atom. The fraction of sp³-hybridized carbons (Fsp3) is 0.333. The van der Waals surface area contributed by atoms with E-state index in [1.54, 1.807) is 11.3 Å². The number of amides is 1. The topological polar surface area (TPSA) is 46.3 Å². The minimum Gasteiger partial charge on any atom is -0.441 e. The van der Waals surface area contributed by atoms with Crippen molar-refractivity contribution in [1.82, 2.24) is 4.98 Å². The number of aryl methyl sites for hydroxylation is 3. The molecule has 0 radical (unpaired) electrons. The zero-order valence-corrected chi connectivity index (χ0v) is 16.7. The highest BCUT2D eigenvalue weighted by Crippen LogP contribution is 2.27. The van der Waals surface area contributed by atoms with Crippen LogP contribution in [0.25, 0.3) is 11.5 Å². The van der Waals surface area contributed by atoms with E-state index in [0.717, 1.165) is 22.4 Å². The van der Waals surface area contributed by atoms with E-state index >= 15 is 0 Å². The zero-order chi connectivity index (χ0) is 18.8. The van der Waals surface area contributed by atoms with E-state index in [0.29, 0.717) is 17.3 Å². The number of hydrogen-bond acceptors (Lipinski definition) is 4. The number of carbonyl (C=O) groups is 1. The van der Waals surface area contributed by atoms with Gasteiger partial charge >= 0.3 is 0 Å². The molecule has 0 unspecified atom stereocenters. The fourth-order valence-electron chi connectivity index (χ4n) is 3.01. The second-order valence-corrected chi connectivity index (χ2v) is 7.64. The summed E-state index contributed by atoms with van der Waals surface area (Å²) >= 11 is 1.60. The molecule has 0 aliphatic heterocycles. The Hall–Kier alpha value is -2.40. The first-order valence-corrected chi connectivity index (χ1v) is 9.69. The van der Waals surface area contributed by atoms with Crippen LogP contribution in [0.3, 0.4) is 0 Å². The number of benzene rings is 1. The second kappa shape index (κ2) is 7.46. The molecule has 3 rings (SSSR count). The van der Waals surface area contributed by atoms with Gasteiger partial charge in [-0.1, -0.05) is 12.1 Å². The lowest BCUT2D eigenvalue weighted by atomic mass is 10.1. The molecule has 0 aliphatic carbocycles. The van der Waals surface area contributed by atoms with Crippen LogP contribution in [0.2, 0.25) is 0 Å². The smallest absolute Gasteiger partial charge is 0.233 e. The van der Waals surface area contributed by atoms with Crippen molar-refractivity contribution in [3.63, 3.8) is 0 Å². The predicted molar refractivity (Wildman–Crippen MR) is 107 cm³/mol. The molecule has 0 saturated carbocycles. The first-order chi connectivity index (χ1) is 12.4. The Labute approximate surface area is 158 Å². The Morgan fingerprint density at radius 1 is 1.23 bits per heavy atom. The van der Waals surface area contributed by atoms with E-state index < -0.39 is 0 Å². The number of hydrogen-bond donors (Lipinski definition) is 0. The van der Waals surface area contributed by atoms with Gasteiger partial charge < -0.3 is 9.32 Å². The summed E-state index contributed by atoms with van der Waals surface area (Å²) in [5, 5.41) is 3.98. The molecule has 4 nitrogen and oxygen atoms in total.